The van der Waals surface area contributed by atoms with Gasteiger partial charge in [0.1, 0.15) is 26.0 Å². The minimum absolute atomic E-state index is 0.113. The first-order valence-electron chi connectivity index (χ1n) is 9.48. The van der Waals surface area contributed by atoms with Gasteiger partial charge in [-0.25, -0.2) is 4.79 Å². The Kier molecular flexibility index (Phi) is 7.66. The number of fused-ring (bicyclic) bond motifs is 1. The summed E-state index contributed by atoms with van der Waals surface area (Å²) in [5.41, 5.74) is 5.97. The topological polar surface area (TPSA) is 148 Å². The minimum Gasteiger partial charge on any atom is -0.480 e. The van der Waals surface area contributed by atoms with Gasteiger partial charge in [-0.15, -0.1) is 16.9 Å². The average molecular weight is 508 g/mol. The zero-order valence-corrected chi connectivity index (χ0v) is 20.6. The van der Waals surface area contributed by atoms with Gasteiger partial charge in [0.25, 0.3) is 0 Å². The third-order valence-corrected chi connectivity index (χ3v) is 9.45. The highest BCUT2D eigenvalue weighted by atomic mass is 32.2. The van der Waals surface area contributed by atoms with Gasteiger partial charge in [0.2, 0.25) is 5.91 Å². The highest BCUT2D eigenvalue weighted by Gasteiger charge is 2.56. The maximum Gasteiger partial charge on any atom is 0.407 e. The van der Waals surface area contributed by atoms with Crippen molar-refractivity contribution in [3.63, 3.8) is 0 Å². The molecule has 0 aliphatic carbocycles. The van der Waals surface area contributed by atoms with Gasteiger partial charge in [0, 0.05) is 30.3 Å². The molecule has 3 heterocycles. The molecule has 2 aliphatic heterocycles. The Morgan fingerprint density at radius 2 is 2.19 bits per heavy atom. The number of nitrogens with zero attached hydrogens (tertiary/aromatic N) is 3. The Hall–Kier alpha value is -1.22. The van der Waals surface area contributed by atoms with Gasteiger partial charge in [-0.3, -0.25) is 9.59 Å². The fourth-order valence-electron chi connectivity index (χ4n) is 2.94. The number of nitrogens with one attached hydrogen (secondary N) is 1. The fraction of sp³-hybridized carbons (Fsp3) is 0.706. The van der Waals surface area contributed by atoms with Crippen LogP contribution in [0.25, 0.3) is 0 Å². The van der Waals surface area contributed by atoms with Crippen LogP contribution in [0, 0.1) is 0 Å². The average Bonchev–Trinajstić information content (AvgIpc) is 3.12. The van der Waals surface area contributed by atoms with E-state index in [1.165, 1.54) is 23.5 Å². The molecule has 1 unspecified atom stereocenters. The minimum atomic E-state index is -1.16. The second kappa shape index (κ2) is 9.73. The number of carboxylic acids is 1. The van der Waals surface area contributed by atoms with Crippen LogP contribution in [0.2, 0.25) is 0 Å². The molecule has 1 aromatic heterocycles. The number of β-lactam (4-membered cyclic amide) rings is 1. The van der Waals surface area contributed by atoms with Gasteiger partial charge >= 0.3 is 12.1 Å². The zero-order chi connectivity index (χ0) is 22.8. The van der Waals surface area contributed by atoms with Crippen molar-refractivity contribution >= 4 is 64.8 Å². The predicted octanol–water partition coefficient (Wildman–Crippen LogP) is 1.45. The zero-order valence-electron chi connectivity index (χ0n) is 17.3. The van der Waals surface area contributed by atoms with E-state index in [0.717, 1.165) is 15.7 Å². The van der Waals surface area contributed by atoms with Gasteiger partial charge in [-0.05, 0) is 32.3 Å². The maximum absolute atomic E-state index is 12.1. The summed E-state index contributed by atoms with van der Waals surface area (Å²) in [5, 5.41) is 16.6. The first-order valence-corrected chi connectivity index (χ1v) is 13.3. The van der Waals surface area contributed by atoms with Crippen molar-refractivity contribution in [3.8, 4) is 0 Å². The number of carbonyl (C=O) groups excluding carboxylic acids is 2. The fourth-order valence-corrected chi connectivity index (χ4v) is 7.72. The summed E-state index contributed by atoms with van der Waals surface area (Å²) in [5.74, 6) is 0.347. The highest BCUT2D eigenvalue weighted by Crippen LogP contribution is 2.47. The van der Waals surface area contributed by atoms with Crippen LogP contribution in [0.15, 0.2) is 4.21 Å². The third kappa shape index (κ3) is 5.78. The van der Waals surface area contributed by atoms with Crippen molar-refractivity contribution in [2.24, 2.45) is 5.73 Å². The number of carbonyl (C=O) groups is 3. The first-order chi connectivity index (χ1) is 14.5. The molecule has 0 radical (unpaired) electrons. The van der Waals surface area contributed by atoms with E-state index in [1.54, 1.807) is 37.4 Å². The quantitative estimate of drug-likeness (QED) is 0.347. The summed E-state index contributed by atoms with van der Waals surface area (Å²) in [7, 11) is 0. The number of rotatable bonds is 8. The monoisotopic (exact) mass is 507 g/mol. The standard InChI is InChI=1S/C17H25N5O5S4/c1-16(2,3)27-15(26)19-4-5-28-6-9-13(31-21-20-9)30-17(14(24)25)7-22-11(23)10(18)12(22)29-8-17/h10,12H,4-8,18H2,1-3H3,(H,19,26)(H,24,25)/t10-,12-,17?/m1/s1. The van der Waals surface area contributed by atoms with Crippen LogP contribution in [0.4, 0.5) is 4.79 Å². The molecule has 2 fully saturated rings. The van der Waals surface area contributed by atoms with Crippen LogP contribution in [-0.4, -0.2) is 83.9 Å². The molecule has 10 nitrogen and oxygen atoms in total. The van der Waals surface area contributed by atoms with E-state index in [0.29, 0.717) is 29.5 Å². The number of hydrogen-bond donors (Lipinski definition) is 3. The molecule has 0 saturated carbocycles. The van der Waals surface area contributed by atoms with E-state index in [2.05, 4.69) is 14.9 Å². The van der Waals surface area contributed by atoms with Crippen LogP contribution in [-0.2, 0) is 20.1 Å². The number of carboxylic acid groups (broad SMARTS) is 1. The molecule has 4 N–H and O–H groups in total. The largest absolute Gasteiger partial charge is 0.480 e. The normalized spacial score (nSPS) is 25.5. The number of aliphatic carboxylic acids is 1. The van der Waals surface area contributed by atoms with Crippen molar-refractivity contribution in [1.82, 2.24) is 19.8 Å². The molecule has 2 aliphatic rings. The number of thioether (sulfide) groups is 3. The summed E-state index contributed by atoms with van der Waals surface area (Å²) >= 11 is 5.32. The van der Waals surface area contributed by atoms with Crippen molar-refractivity contribution in [2.45, 2.75) is 52.5 Å². The van der Waals surface area contributed by atoms with Crippen LogP contribution in [0.1, 0.15) is 26.5 Å². The summed E-state index contributed by atoms with van der Waals surface area (Å²) in [6.45, 7) is 5.96. The molecular formula is C17H25N5O5S4. The van der Waals surface area contributed by atoms with Crippen molar-refractivity contribution in [3.05, 3.63) is 5.69 Å². The van der Waals surface area contributed by atoms with Crippen molar-refractivity contribution in [2.75, 3.05) is 24.6 Å². The van der Waals surface area contributed by atoms with E-state index in [-0.39, 0.29) is 17.8 Å². The van der Waals surface area contributed by atoms with E-state index in [9.17, 15) is 19.5 Å². The SMILES string of the molecule is CC(C)(C)OC(=O)NCCSCc1nnsc1SC1(C(=O)O)CS[C@@H]2[C@H](N)C(=O)N2C1. The number of amides is 2. The van der Waals surface area contributed by atoms with Crippen molar-refractivity contribution in [1.29, 1.82) is 0 Å². The molecule has 0 spiro atoms. The molecule has 1 aromatic rings. The maximum atomic E-state index is 12.1. The van der Waals surface area contributed by atoms with E-state index in [1.807, 2.05) is 0 Å². The Morgan fingerprint density at radius 3 is 2.87 bits per heavy atom. The smallest absolute Gasteiger partial charge is 0.407 e. The molecule has 31 heavy (non-hydrogen) atoms. The Labute approximate surface area is 196 Å². The number of alkyl carbamates (subject to hydrolysis) is 1. The van der Waals surface area contributed by atoms with Crippen LogP contribution in [0.3, 0.4) is 0 Å². The second-order valence-corrected chi connectivity index (χ2v) is 12.7. The van der Waals surface area contributed by atoms with Gasteiger partial charge < -0.3 is 25.8 Å². The summed E-state index contributed by atoms with van der Waals surface area (Å²) < 4.78 is 8.74. The molecule has 14 heteroatoms. The highest BCUT2D eigenvalue weighted by molar-refractivity contribution is 8.06. The number of hydrogen-bond acceptors (Lipinski definition) is 11. The van der Waals surface area contributed by atoms with Gasteiger partial charge in [0.05, 0.1) is 5.69 Å². The number of nitrogens with two attached hydrogens (primary N) is 1. The molecule has 2 amide bonds. The molecule has 172 valence electrons. The van der Waals surface area contributed by atoms with Crippen LogP contribution in [0.5, 0.6) is 0 Å². The third-order valence-electron chi connectivity index (χ3n) is 4.45. The lowest BCUT2D eigenvalue weighted by Gasteiger charge is -2.52. The van der Waals surface area contributed by atoms with E-state index in [4.69, 9.17) is 10.5 Å². The second-order valence-electron chi connectivity index (χ2n) is 8.08. The molecular weight excluding hydrogens is 482 g/mol. The number of aromatic nitrogens is 2. The lowest BCUT2D eigenvalue weighted by molar-refractivity contribution is -0.148. The molecule has 0 aromatic carbocycles. The Bertz CT molecular complexity index is 847. The molecule has 3 rings (SSSR count). The molecule has 3 atom stereocenters. The van der Waals surface area contributed by atoms with Crippen LogP contribution < -0.4 is 11.1 Å². The van der Waals surface area contributed by atoms with E-state index < -0.39 is 28.5 Å². The van der Waals surface area contributed by atoms with Gasteiger partial charge in [-0.2, -0.15) is 11.8 Å². The number of ether oxygens (including phenoxy) is 1. The van der Waals surface area contributed by atoms with E-state index >= 15 is 0 Å². The van der Waals surface area contributed by atoms with Crippen LogP contribution >= 0.6 is 46.8 Å². The van der Waals surface area contributed by atoms with Gasteiger partial charge in [0.15, 0.2) is 0 Å². The Balaban J connectivity index is 1.52. The first kappa shape index (κ1) is 24.4. The predicted molar refractivity (Wildman–Crippen MR) is 122 cm³/mol. The Morgan fingerprint density at radius 1 is 1.45 bits per heavy atom. The van der Waals surface area contributed by atoms with Crippen molar-refractivity contribution < 1.29 is 24.2 Å². The molecule has 2 saturated heterocycles. The van der Waals surface area contributed by atoms with Gasteiger partial charge in [-0.1, -0.05) is 16.3 Å². The summed E-state index contributed by atoms with van der Waals surface area (Å²) in [6, 6.07) is -0.548. The summed E-state index contributed by atoms with van der Waals surface area (Å²) in [4.78, 5) is 37.4. The lowest BCUT2D eigenvalue weighted by atomic mass is 10.0. The lowest BCUT2D eigenvalue weighted by Crippen LogP contribution is -2.73. The molecule has 0 bridgehead atoms. The summed E-state index contributed by atoms with van der Waals surface area (Å²) in [6.07, 6.45) is -0.462.